The summed E-state index contributed by atoms with van der Waals surface area (Å²) in [5.74, 6) is 0.383. The molecule has 1 aromatic heterocycles. The first-order chi connectivity index (χ1) is 13.5. The van der Waals surface area contributed by atoms with Crippen LogP contribution in [0.1, 0.15) is 53.0 Å². The van der Waals surface area contributed by atoms with Gasteiger partial charge in [0.1, 0.15) is 22.5 Å². The summed E-state index contributed by atoms with van der Waals surface area (Å²) in [4.78, 5) is 13.0. The molecule has 0 aliphatic rings. The van der Waals surface area contributed by atoms with Crippen molar-refractivity contribution in [1.82, 2.24) is 15.0 Å². The van der Waals surface area contributed by atoms with Crippen LogP contribution in [0.25, 0.3) is 16.7 Å². The average molecular weight is 607 g/mol. The highest BCUT2D eigenvalue weighted by atomic mass is 127. The summed E-state index contributed by atoms with van der Waals surface area (Å²) in [6.07, 6.45) is 1.70. The van der Waals surface area contributed by atoms with Gasteiger partial charge in [0.15, 0.2) is 5.75 Å². The van der Waals surface area contributed by atoms with Crippen molar-refractivity contribution in [2.75, 3.05) is 0 Å². The maximum Gasteiger partial charge on any atom is 0.156 e. The van der Waals surface area contributed by atoms with Crippen molar-refractivity contribution >= 4 is 62.0 Å². The van der Waals surface area contributed by atoms with Crippen LogP contribution < -0.4 is 0 Å². The highest BCUT2D eigenvalue weighted by Gasteiger charge is 2.14. The van der Waals surface area contributed by atoms with E-state index in [0.717, 1.165) is 23.7 Å². The topological polar surface area (TPSA) is 68.0 Å². The third-order valence-corrected chi connectivity index (χ3v) is 5.24. The van der Waals surface area contributed by atoms with Gasteiger partial charge in [-0.2, -0.15) is 0 Å². The fourth-order valence-corrected chi connectivity index (χ4v) is 3.54. The Bertz CT molecular complexity index is 923. The number of hydrogen-bond donors (Lipinski definition) is 1. The average Bonchev–Trinajstić information content (AvgIpc) is 3.14. The van der Waals surface area contributed by atoms with Crippen molar-refractivity contribution < 1.29 is 9.90 Å². The van der Waals surface area contributed by atoms with Crippen LogP contribution in [0.5, 0.6) is 5.75 Å². The van der Waals surface area contributed by atoms with Crippen LogP contribution in [0.15, 0.2) is 30.3 Å². The van der Waals surface area contributed by atoms with Gasteiger partial charge < -0.3 is 5.11 Å². The molecule has 0 amide bonds. The van der Waals surface area contributed by atoms with Gasteiger partial charge in [0.2, 0.25) is 0 Å². The second kappa shape index (κ2) is 12.4. The summed E-state index contributed by atoms with van der Waals surface area (Å²) < 4.78 is 1.80. The van der Waals surface area contributed by atoms with E-state index in [1.807, 2.05) is 65.0 Å². The predicted octanol–water partition coefficient (Wildman–Crippen LogP) is 6.30. The molecule has 7 heteroatoms. The SMILES string of the molecule is CC.CC.CCC(=O)CCc1cc(I)c(O)c(-n2nc3ccc(I)cc3n2)c1. The molecule has 0 fully saturated rings. The first-order valence-corrected chi connectivity index (χ1v) is 11.7. The fraction of sp³-hybridized carbons (Fsp3) is 0.381. The van der Waals surface area contributed by atoms with Gasteiger partial charge >= 0.3 is 0 Å². The molecule has 0 spiro atoms. The lowest BCUT2D eigenvalue weighted by Gasteiger charge is -2.09. The van der Waals surface area contributed by atoms with Crippen LogP contribution in [-0.2, 0) is 11.2 Å². The number of ketones is 1. The number of rotatable bonds is 5. The van der Waals surface area contributed by atoms with Gasteiger partial charge in [-0.25, -0.2) is 0 Å². The number of hydrogen-bond acceptors (Lipinski definition) is 4. The second-order valence-electron chi connectivity index (χ2n) is 5.46. The molecule has 3 aromatic rings. The number of halogens is 2. The summed E-state index contributed by atoms with van der Waals surface area (Å²) in [6.45, 7) is 9.87. The number of aryl methyl sites for hydroxylation is 1. The number of fused-ring (bicyclic) bond motifs is 1. The number of carbonyl (C=O) groups excluding carboxylic acids is 1. The third kappa shape index (κ3) is 6.40. The highest BCUT2D eigenvalue weighted by Crippen LogP contribution is 2.30. The van der Waals surface area contributed by atoms with E-state index in [4.69, 9.17) is 0 Å². The second-order valence-corrected chi connectivity index (χ2v) is 7.87. The zero-order valence-corrected chi connectivity index (χ0v) is 21.3. The lowest BCUT2D eigenvalue weighted by Crippen LogP contribution is -2.03. The summed E-state index contributed by atoms with van der Waals surface area (Å²) in [5.41, 5.74) is 3.08. The minimum absolute atomic E-state index is 0.149. The molecular formula is C21H27I2N3O2. The lowest BCUT2D eigenvalue weighted by atomic mass is 10.1. The third-order valence-electron chi connectivity index (χ3n) is 3.75. The Balaban J connectivity index is 0.000000921. The minimum atomic E-state index is 0.149. The molecule has 2 aromatic carbocycles. The Hall–Kier alpha value is -1.23. The Morgan fingerprint density at radius 3 is 2.32 bits per heavy atom. The van der Waals surface area contributed by atoms with Crippen molar-refractivity contribution in [1.29, 1.82) is 0 Å². The largest absolute Gasteiger partial charge is 0.505 e. The monoisotopic (exact) mass is 607 g/mol. The molecule has 152 valence electrons. The highest BCUT2D eigenvalue weighted by molar-refractivity contribution is 14.1. The van der Waals surface area contributed by atoms with Gasteiger partial charge in [0.25, 0.3) is 0 Å². The molecule has 5 nitrogen and oxygen atoms in total. The molecule has 0 saturated heterocycles. The molecular weight excluding hydrogens is 580 g/mol. The normalized spacial score (nSPS) is 9.96. The summed E-state index contributed by atoms with van der Waals surface area (Å²) in [7, 11) is 0. The number of aromatic nitrogens is 3. The molecule has 0 radical (unpaired) electrons. The van der Waals surface area contributed by atoms with Gasteiger partial charge in [-0.1, -0.05) is 34.6 Å². The van der Waals surface area contributed by atoms with E-state index in [1.54, 1.807) is 0 Å². The van der Waals surface area contributed by atoms with E-state index in [-0.39, 0.29) is 11.5 Å². The number of carbonyl (C=O) groups is 1. The zero-order chi connectivity index (χ0) is 21.3. The van der Waals surface area contributed by atoms with Gasteiger partial charge in [-0.05, 0) is 87.5 Å². The Kier molecular flexibility index (Phi) is 10.9. The van der Waals surface area contributed by atoms with Crippen LogP contribution in [-0.4, -0.2) is 25.9 Å². The smallest absolute Gasteiger partial charge is 0.156 e. The number of phenols is 1. The van der Waals surface area contributed by atoms with Crippen LogP contribution in [0, 0.1) is 7.14 Å². The molecule has 1 heterocycles. The zero-order valence-electron chi connectivity index (χ0n) is 17.0. The number of benzene rings is 2. The van der Waals surface area contributed by atoms with Crippen molar-refractivity contribution in [2.45, 2.75) is 53.9 Å². The van der Waals surface area contributed by atoms with Gasteiger partial charge in [0, 0.05) is 16.4 Å². The molecule has 0 atom stereocenters. The molecule has 28 heavy (non-hydrogen) atoms. The number of Topliss-reactive ketones (excluding diaryl/α,β-unsaturated/α-hetero) is 1. The van der Waals surface area contributed by atoms with Crippen LogP contribution >= 0.6 is 45.2 Å². The van der Waals surface area contributed by atoms with Crippen molar-refractivity contribution in [2.24, 2.45) is 0 Å². The predicted molar refractivity (Wildman–Crippen MR) is 132 cm³/mol. The minimum Gasteiger partial charge on any atom is -0.505 e. The first kappa shape index (κ1) is 24.8. The Morgan fingerprint density at radius 1 is 1.04 bits per heavy atom. The molecule has 0 unspecified atom stereocenters. The summed E-state index contributed by atoms with van der Waals surface area (Å²) in [5, 5.41) is 19.3. The van der Waals surface area contributed by atoms with Crippen LogP contribution in [0.3, 0.4) is 0 Å². The maximum atomic E-state index is 11.6. The molecule has 0 aliphatic carbocycles. The van der Waals surface area contributed by atoms with Gasteiger partial charge in [-0.15, -0.1) is 15.0 Å². The number of nitrogens with zero attached hydrogens (tertiary/aromatic N) is 3. The van der Waals surface area contributed by atoms with Gasteiger partial charge in [0.05, 0.1) is 3.57 Å². The molecule has 1 N–H and O–H groups in total. The lowest BCUT2D eigenvalue weighted by molar-refractivity contribution is -0.118. The standard InChI is InChI=1S/C17H15I2N3O2.2C2H6/c1-2-12(23)5-3-10-7-13(19)17(24)16(8-10)22-20-14-6-4-11(18)9-15(14)21-22;2*1-2/h4,6-9,24H,2-3,5H2,1H3;2*1-2H3. The van der Waals surface area contributed by atoms with Crippen molar-refractivity contribution in [3.63, 3.8) is 0 Å². The van der Waals surface area contributed by atoms with E-state index in [1.165, 1.54) is 4.80 Å². The fourth-order valence-electron chi connectivity index (χ4n) is 2.39. The Labute approximate surface area is 194 Å². The van der Waals surface area contributed by atoms with E-state index in [9.17, 15) is 9.90 Å². The molecule has 3 rings (SSSR count). The van der Waals surface area contributed by atoms with E-state index in [2.05, 4.69) is 55.4 Å². The number of phenolic OH excluding ortho intramolecular Hbond substituents is 1. The van der Waals surface area contributed by atoms with E-state index >= 15 is 0 Å². The first-order valence-electron chi connectivity index (χ1n) is 9.54. The molecule has 0 saturated carbocycles. The summed E-state index contributed by atoms with van der Waals surface area (Å²) in [6, 6.07) is 9.58. The summed E-state index contributed by atoms with van der Waals surface area (Å²) >= 11 is 4.32. The van der Waals surface area contributed by atoms with Gasteiger partial charge in [-0.3, -0.25) is 4.79 Å². The van der Waals surface area contributed by atoms with Crippen molar-refractivity contribution in [3.8, 4) is 11.4 Å². The van der Waals surface area contributed by atoms with E-state index in [0.29, 0.717) is 24.9 Å². The number of aromatic hydroxyl groups is 1. The van der Waals surface area contributed by atoms with Crippen LogP contribution in [0.4, 0.5) is 0 Å². The van der Waals surface area contributed by atoms with Crippen LogP contribution in [0.2, 0.25) is 0 Å². The maximum absolute atomic E-state index is 11.6. The van der Waals surface area contributed by atoms with E-state index < -0.39 is 0 Å². The molecule has 0 bridgehead atoms. The van der Waals surface area contributed by atoms with Crippen molar-refractivity contribution in [3.05, 3.63) is 43.0 Å². The Morgan fingerprint density at radius 2 is 1.68 bits per heavy atom. The molecule has 0 aliphatic heterocycles. The quantitative estimate of drug-likeness (QED) is 0.346.